The lowest BCUT2D eigenvalue weighted by Gasteiger charge is -2.27. The summed E-state index contributed by atoms with van der Waals surface area (Å²) < 4.78 is 5.42. The molecule has 3 rings (SSSR count). The van der Waals surface area contributed by atoms with Crippen LogP contribution in [0.3, 0.4) is 0 Å². The molecule has 0 radical (unpaired) electrons. The Bertz CT molecular complexity index is 201. The van der Waals surface area contributed by atoms with Crippen LogP contribution in [0.4, 0.5) is 0 Å². The summed E-state index contributed by atoms with van der Waals surface area (Å²) in [5.41, 5.74) is 0. The third kappa shape index (κ3) is 2.21. The van der Waals surface area contributed by atoms with Crippen molar-refractivity contribution in [3.05, 3.63) is 0 Å². The van der Waals surface area contributed by atoms with E-state index in [1.54, 1.807) is 0 Å². The zero-order valence-electron chi connectivity index (χ0n) is 9.66. The average Bonchev–Trinajstić information content (AvgIpc) is 2.79. The summed E-state index contributed by atoms with van der Waals surface area (Å²) in [5.74, 6) is 3.05. The molecule has 0 spiro atoms. The van der Waals surface area contributed by atoms with Gasteiger partial charge in [-0.3, -0.25) is 0 Å². The molecule has 3 fully saturated rings. The van der Waals surface area contributed by atoms with Crippen molar-refractivity contribution in [1.29, 1.82) is 0 Å². The molecule has 2 heteroatoms. The van der Waals surface area contributed by atoms with E-state index in [1.165, 1.54) is 51.7 Å². The van der Waals surface area contributed by atoms with E-state index in [0.717, 1.165) is 31.0 Å². The molecule has 86 valence electrons. The van der Waals surface area contributed by atoms with Crippen LogP contribution in [0.1, 0.15) is 32.1 Å². The molecule has 3 aliphatic rings. The third-order valence-electron chi connectivity index (χ3n) is 4.66. The zero-order valence-corrected chi connectivity index (χ0v) is 9.66. The third-order valence-corrected chi connectivity index (χ3v) is 4.66. The summed E-state index contributed by atoms with van der Waals surface area (Å²) in [6, 6.07) is 0. The number of nitrogens with zero attached hydrogens (tertiary/aromatic N) is 1. The molecule has 0 unspecified atom stereocenters. The minimum atomic E-state index is 0.928. The molecule has 1 aliphatic carbocycles. The molecule has 2 nitrogen and oxygen atoms in total. The minimum absolute atomic E-state index is 0.928. The Hall–Kier alpha value is -0.0800. The monoisotopic (exact) mass is 209 g/mol. The Balaban J connectivity index is 1.48. The highest BCUT2D eigenvalue weighted by atomic mass is 16.5. The average molecular weight is 209 g/mol. The second-order valence-corrected chi connectivity index (χ2v) is 5.73. The lowest BCUT2D eigenvalue weighted by Crippen LogP contribution is -2.31. The number of likely N-dealkylation sites (tertiary alicyclic amines) is 1. The standard InChI is InChI=1S/C13H23NO/c1-2-12-9-14(10-13(12)3-1)8-11-4-6-15-7-5-11/h11-13H,1-10H2/t12-,13+. The molecule has 0 bridgehead atoms. The molecule has 2 aliphatic heterocycles. The fourth-order valence-corrected chi connectivity index (χ4v) is 3.78. The van der Waals surface area contributed by atoms with Crippen LogP contribution in [-0.2, 0) is 4.74 Å². The van der Waals surface area contributed by atoms with E-state index in [1.807, 2.05) is 0 Å². The van der Waals surface area contributed by atoms with Crippen LogP contribution in [0, 0.1) is 17.8 Å². The molecule has 2 saturated heterocycles. The van der Waals surface area contributed by atoms with Crippen molar-refractivity contribution in [3.8, 4) is 0 Å². The fraction of sp³-hybridized carbons (Fsp3) is 1.00. The van der Waals surface area contributed by atoms with Crippen LogP contribution in [0.5, 0.6) is 0 Å². The van der Waals surface area contributed by atoms with Gasteiger partial charge in [-0.15, -0.1) is 0 Å². The fourth-order valence-electron chi connectivity index (χ4n) is 3.78. The summed E-state index contributed by atoms with van der Waals surface area (Å²) in [7, 11) is 0. The van der Waals surface area contributed by atoms with E-state index in [2.05, 4.69) is 4.90 Å². The van der Waals surface area contributed by atoms with Crippen molar-refractivity contribution in [3.63, 3.8) is 0 Å². The Morgan fingerprint density at radius 3 is 2.27 bits per heavy atom. The van der Waals surface area contributed by atoms with Gasteiger partial charge in [0, 0.05) is 32.8 Å². The van der Waals surface area contributed by atoms with Crippen LogP contribution < -0.4 is 0 Å². The van der Waals surface area contributed by atoms with Gasteiger partial charge in [-0.05, 0) is 43.4 Å². The van der Waals surface area contributed by atoms with Gasteiger partial charge >= 0.3 is 0 Å². The zero-order chi connectivity index (χ0) is 10.1. The van der Waals surface area contributed by atoms with E-state index in [-0.39, 0.29) is 0 Å². The van der Waals surface area contributed by atoms with E-state index < -0.39 is 0 Å². The molecule has 0 N–H and O–H groups in total. The smallest absolute Gasteiger partial charge is 0.0469 e. The maximum Gasteiger partial charge on any atom is 0.0469 e. The number of rotatable bonds is 2. The van der Waals surface area contributed by atoms with Gasteiger partial charge in [-0.2, -0.15) is 0 Å². The molecule has 2 heterocycles. The molecule has 1 saturated carbocycles. The minimum Gasteiger partial charge on any atom is -0.381 e. The summed E-state index contributed by atoms with van der Waals surface area (Å²) in [4.78, 5) is 2.74. The van der Waals surface area contributed by atoms with Crippen molar-refractivity contribution in [2.75, 3.05) is 32.8 Å². The number of hydrogen-bond acceptors (Lipinski definition) is 2. The molecular formula is C13H23NO. The Morgan fingerprint density at radius 1 is 0.933 bits per heavy atom. The van der Waals surface area contributed by atoms with Crippen molar-refractivity contribution >= 4 is 0 Å². The van der Waals surface area contributed by atoms with Crippen LogP contribution in [0.2, 0.25) is 0 Å². The summed E-state index contributed by atoms with van der Waals surface area (Å²) >= 11 is 0. The van der Waals surface area contributed by atoms with Gasteiger partial charge < -0.3 is 9.64 Å². The van der Waals surface area contributed by atoms with E-state index in [0.29, 0.717) is 0 Å². The van der Waals surface area contributed by atoms with Gasteiger partial charge in [0.25, 0.3) is 0 Å². The highest BCUT2D eigenvalue weighted by Crippen LogP contribution is 2.38. The molecule has 0 aromatic heterocycles. The lowest BCUT2D eigenvalue weighted by atomic mass is 10.00. The van der Waals surface area contributed by atoms with Crippen molar-refractivity contribution < 1.29 is 4.74 Å². The van der Waals surface area contributed by atoms with Crippen LogP contribution in [0.15, 0.2) is 0 Å². The number of fused-ring (bicyclic) bond motifs is 1. The predicted octanol–water partition coefficient (Wildman–Crippen LogP) is 2.14. The lowest BCUT2D eigenvalue weighted by molar-refractivity contribution is 0.0546. The molecule has 2 atom stereocenters. The van der Waals surface area contributed by atoms with E-state index in [9.17, 15) is 0 Å². The SMILES string of the molecule is C1C[C@@H]2CN(CC3CCOCC3)C[C@@H]2C1. The second kappa shape index (κ2) is 4.42. The highest BCUT2D eigenvalue weighted by Gasteiger charge is 2.36. The van der Waals surface area contributed by atoms with Crippen molar-refractivity contribution in [2.45, 2.75) is 32.1 Å². The molecule has 0 amide bonds. The van der Waals surface area contributed by atoms with Crippen LogP contribution >= 0.6 is 0 Å². The van der Waals surface area contributed by atoms with Gasteiger partial charge in [0.2, 0.25) is 0 Å². The highest BCUT2D eigenvalue weighted by molar-refractivity contribution is 4.89. The van der Waals surface area contributed by atoms with Gasteiger partial charge in [0.05, 0.1) is 0 Å². The second-order valence-electron chi connectivity index (χ2n) is 5.73. The number of hydrogen-bond donors (Lipinski definition) is 0. The first-order chi connectivity index (χ1) is 7.42. The van der Waals surface area contributed by atoms with Gasteiger partial charge in [-0.25, -0.2) is 0 Å². The quantitative estimate of drug-likeness (QED) is 0.691. The molecular weight excluding hydrogens is 186 g/mol. The van der Waals surface area contributed by atoms with Gasteiger partial charge in [-0.1, -0.05) is 6.42 Å². The molecule has 0 aromatic rings. The Kier molecular flexibility index (Phi) is 2.98. The first kappa shape index (κ1) is 10.1. The Morgan fingerprint density at radius 2 is 1.60 bits per heavy atom. The maximum atomic E-state index is 5.42. The summed E-state index contributed by atoms with van der Waals surface area (Å²) in [6.45, 7) is 6.18. The van der Waals surface area contributed by atoms with E-state index in [4.69, 9.17) is 4.74 Å². The van der Waals surface area contributed by atoms with Gasteiger partial charge in [0.15, 0.2) is 0 Å². The van der Waals surface area contributed by atoms with Crippen LogP contribution in [-0.4, -0.2) is 37.7 Å². The van der Waals surface area contributed by atoms with Crippen LogP contribution in [0.25, 0.3) is 0 Å². The Labute approximate surface area is 93.0 Å². The number of ether oxygens (including phenoxy) is 1. The summed E-state index contributed by atoms with van der Waals surface area (Å²) in [5, 5.41) is 0. The first-order valence-corrected chi connectivity index (χ1v) is 6.72. The molecule has 0 aromatic carbocycles. The van der Waals surface area contributed by atoms with E-state index >= 15 is 0 Å². The van der Waals surface area contributed by atoms with Gasteiger partial charge in [0.1, 0.15) is 0 Å². The largest absolute Gasteiger partial charge is 0.381 e. The van der Waals surface area contributed by atoms with Crippen molar-refractivity contribution in [2.24, 2.45) is 17.8 Å². The molecule has 15 heavy (non-hydrogen) atoms. The topological polar surface area (TPSA) is 12.5 Å². The normalized spacial score (nSPS) is 38.4. The maximum absolute atomic E-state index is 5.42. The van der Waals surface area contributed by atoms with Crippen molar-refractivity contribution in [1.82, 2.24) is 4.90 Å². The predicted molar refractivity (Wildman–Crippen MR) is 60.8 cm³/mol. The summed E-state index contributed by atoms with van der Waals surface area (Å²) in [6.07, 6.45) is 7.11. The first-order valence-electron chi connectivity index (χ1n) is 6.72.